The fraction of sp³-hybridized carbons (Fsp3) is 0.400. The Bertz CT molecular complexity index is 313. The zero-order valence-corrected chi connectivity index (χ0v) is 7.77. The van der Waals surface area contributed by atoms with Crippen LogP contribution in [0, 0.1) is 0 Å². The normalized spacial score (nSPS) is 20.6. The molecule has 1 N–H and O–H groups in total. The van der Waals surface area contributed by atoms with Crippen molar-refractivity contribution in [3.05, 3.63) is 24.5 Å². The zero-order valence-electron chi connectivity index (χ0n) is 7.77. The molecule has 1 aromatic heterocycles. The third-order valence-electron chi connectivity index (χ3n) is 2.17. The maximum Gasteiger partial charge on any atom is 0.220 e. The van der Waals surface area contributed by atoms with Gasteiger partial charge in [-0.3, -0.25) is 9.78 Å². The molecule has 4 heteroatoms. The third kappa shape index (κ3) is 2.22. The van der Waals surface area contributed by atoms with Gasteiger partial charge in [-0.15, -0.1) is 0 Å². The van der Waals surface area contributed by atoms with E-state index >= 15 is 0 Å². The summed E-state index contributed by atoms with van der Waals surface area (Å²) in [5, 5.41) is 2.84. The lowest BCUT2D eigenvalue weighted by atomic mass is 10.2. The van der Waals surface area contributed by atoms with E-state index in [4.69, 9.17) is 4.74 Å². The number of amides is 1. The average Bonchev–Trinajstić information content (AvgIpc) is 2.63. The second-order valence-corrected chi connectivity index (χ2v) is 3.30. The smallest absolute Gasteiger partial charge is 0.220 e. The molecule has 1 atom stereocenters. The summed E-state index contributed by atoms with van der Waals surface area (Å²) in [5.74, 6) is 0.860. The lowest BCUT2D eigenvalue weighted by molar-refractivity contribution is -0.119. The maximum absolute atomic E-state index is 10.9. The fourth-order valence-electron chi connectivity index (χ4n) is 1.43. The molecule has 0 saturated carbocycles. The van der Waals surface area contributed by atoms with E-state index in [-0.39, 0.29) is 11.9 Å². The van der Waals surface area contributed by atoms with Crippen molar-refractivity contribution in [2.24, 2.45) is 0 Å². The molecule has 1 aliphatic heterocycles. The number of hydrogen-bond donors (Lipinski definition) is 1. The molecular formula is C10H12N2O2. The van der Waals surface area contributed by atoms with E-state index in [0.717, 1.165) is 12.2 Å². The van der Waals surface area contributed by atoms with E-state index in [9.17, 15) is 4.79 Å². The van der Waals surface area contributed by atoms with Crippen LogP contribution in [0.5, 0.6) is 5.75 Å². The van der Waals surface area contributed by atoms with Gasteiger partial charge >= 0.3 is 0 Å². The second kappa shape index (κ2) is 4.09. The van der Waals surface area contributed by atoms with Crippen molar-refractivity contribution in [3.8, 4) is 5.75 Å². The Morgan fingerprint density at radius 2 is 2.57 bits per heavy atom. The number of aromatic nitrogens is 1. The predicted molar refractivity (Wildman–Crippen MR) is 50.9 cm³/mol. The minimum Gasteiger partial charge on any atom is -0.490 e. The van der Waals surface area contributed by atoms with Crippen LogP contribution >= 0.6 is 0 Å². The topological polar surface area (TPSA) is 51.2 Å². The standard InChI is InChI=1S/C10H12N2O2/c13-10-4-3-8(12-10)7-14-9-2-1-5-11-6-9/h1-2,5-6,8H,3-4,7H2,(H,12,13)/t8-/m0/s1. The van der Waals surface area contributed by atoms with Gasteiger partial charge in [0, 0.05) is 12.6 Å². The summed E-state index contributed by atoms with van der Waals surface area (Å²) < 4.78 is 5.46. The van der Waals surface area contributed by atoms with Gasteiger partial charge in [0.1, 0.15) is 12.4 Å². The lowest BCUT2D eigenvalue weighted by Gasteiger charge is -2.10. The minimum atomic E-state index is 0.116. The molecule has 0 unspecified atom stereocenters. The van der Waals surface area contributed by atoms with Gasteiger partial charge in [0.25, 0.3) is 0 Å². The number of ether oxygens (including phenoxy) is 1. The van der Waals surface area contributed by atoms with Crippen LogP contribution in [0.1, 0.15) is 12.8 Å². The summed E-state index contributed by atoms with van der Waals surface area (Å²) in [6, 6.07) is 3.83. The zero-order chi connectivity index (χ0) is 9.80. The average molecular weight is 192 g/mol. The molecule has 1 aromatic rings. The molecule has 2 rings (SSSR count). The molecule has 0 radical (unpaired) electrons. The highest BCUT2D eigenvalue weighted by atomic mass is 16.5. The Morgan fingerprint density at radius 3 is 3.21 bits per heavy atom. The monoisotopic (exact) mass is 192 g/mol. The first-order chi connectivity index (χ1) is 6.84. The molecule has 1 amide bonds. The Morgan fingerprint density at radius 1 is 1.64 bits per heavy atom. The molecule has 1 fully saturated rings. The van der Waals surface area contributed by atoms with E-state index in [1.165, 1.54) is 0 Å². The number of hydrogen-bond acceptors (Lipinski definition) is 3. The molecule has 74 valence electrons. The highest BCUT2D eigenvalue weighted by Crippen LogP contribution is 2.10. The van der Waals surface area contributed by atoms with Crippen LogP contribution < -0.4 is 10.1 Å². The van der Waals surface area contributed by atoms with Crippen molar-refractivity contribution in [2.45, 2.75) is 18.9 Å². The van der Waals surface area contributed by atoms with Crippen molar-refractivity contribution in [3.63, 3.8) is 0 Å². The van der Waals surface area contributed by atoms with Gasteiger partial charge in [0.2, 0.25) is 5.91 Å². The van der Waals surface area contributed by atoms with Gasteiger partial charge in [-0.1, -0.05) is 0 Å². The fourth-order valence-corrected chi connectivity index (χ4v) is 1.43. The third-order valence-corrected chi connectivity index (χ3v) is 2.17. The van der Waals surface area contributed by atoms with Crippen molar-refractivity contribution >= 4 is 5.91 Å². The highest BCUT2D eigenvalue weighted by Gasteiger charge is 2.20. The predicted octanol–water partition coefficient (Wildman–Crippen LogP) is 0.739. The number of rotatable bonds is 3. The van der Waals surface area contributed by atoms with Crippen LogP contribution in [0.3, 0.4) is 0 Å². The van der Waals surface area contributed by atoms with Gasteiger partial charge in [-0.25, -0.2) is 0 Å². The second-order valence-electron chi connectivity index (χ2n) is 3.30. The van der Waals surface area contributed by atoms with Crippen molar-refractivity contribution in [1.29, 1.82) is 0 Å². The van der Waals surface area contributed by atoms with E-state index in [2.05, 4.69) is 10.3 Å². The molecule has 1 saturated heterocycles. The molecule has 14 heavy (non-hydrogen) atoms. The Labute approximate surface area is 82.3 Å². The number of pyridine rings is 1. The van der Waals surface area contributed by atoms with Gasteiger partial charge in [0.15, 0.2) is 0 Å². The van der Waals surface area contributed by atoms with Crippen LogP contribution in [0.25, 0.3) is 0 Å². The summed E-state index contributed by atoms with van der Waals surface area (Å²) >= 11 is 0. The van der Waals surface area contributed by atoms with Crippen molar-refractivity contribution < 1.29 is 9.53 Å². The summed E-state index contributed by atoms with van der Waals surface area (Å²) in [6.45, 7) is 0.525. The summed E-state index contributed by atoms with van der Waals surface area (Å²) in [5.41, 5.74) is 0. The molecule has 4 nitrogen and oxygen atoms in total. The van der Waals surface area contributed by atoms with Crippen LogP contribution in [-0.4, -0.2) is 23.5 Å². The van der Waals surface area contributed by atoms with E-state index in [0.29, 0.717) is 13.0 Å². The van der Waals surface area contributed by atoms with Gasteiger partial charge in [-0.05, 0) is 18.6 Å². The van der Waals surface area contributed by atoms with Crippen molar-refractivity contribution in [1.82, 2.24) is 10.3 Å². The molecule has 0 bridgehead atoms. The summed E-state index contributed by atoms with van der Waals surface area (Å²) in [6.07, 6.45) is 4.83. The van der Waals surface area contributed by atoms with E-state index < -0.39 is 0 Å². The Balaban J connectivity index is 1.80. The quantitative estimate of drug-likeness (QED) is 0.768. The molecule has 0 aliphatic carbocycles. The van der Waals surface area contributed by atoms with Crippen LogP contribution in [-0.2, 0) is 4.79 Å². The molecule has 2 heterocycles. The van der Waals surface area contributed by atoms with E-state index in [1.54, 1.807) is 12.4 Å². The maximum atomic E-state index is 10.9. The number of nitrogens with zero attached hydrogens (tertiary/aromatic N) is 1. The Kier molecular flexibility index (Phi) is 2.62. The molecular weight excluding hydrogens is 180 g/mol. The highest BCUT2D eigenvalue weighted by molar-refractivity contribution is 5.78. The van der Waals surface area contributed by atoms with Crippen LogP contribution in [0.2, 0.25) is 0 Å². The Hall–Kier alpha value is -1.58. The minimum absolute atomic E-state index is 0.116. The van der Waals surface area contributed by atoms with E-state index in [1.807, 2.05) is 12.1 Å². The summed E-state index contributed by atoms with van der Waals surface area (Å²) in [7, 11) is 0. The molecule has 0 spiro atoms. The SMILES string of the molecule is O=C1CC[C@@H](COc2cccnc2)N1. The summed E-state index contributed by atoms with van der Waals surface area (Å²) in [4.78, 5) is 14.8. The van der Waals surface area contributed by atoms with Gasteiger partial charge < -0.3 is 10.1 Å². The number of carbonyl (C=O) groups excluding carboxylic acids is 1. The largest absolute Gasteiger partial charge is 0.490 e. The van der Waals surface area contributed by atoms with Gasteiger partial charge in [-0.2, -0.15) is 0 Å². The number of carbonyl (C=O) groups is 1. The first-order valence-corrected chi connectivity index (χ1v) is 4.67. The first kappa shape index (κ1) is 8.99. The van der Waals surface area contributed by atoms with Crippen molar-refractivity contribution in [2.75, 3.05) is 6.61 Å². The van der Waals surface area contributed by atoms with Crippen LogP contribution in [0.4, 0.5) is 0 Å². The lowest BCUT2D eigenvalue weighted by Crippen LogP contribution is -2.30. The molecule has 1 aliphatic rings. The van der Waals surface area contributed by atoms with Gasteiger partial charge in [0.05, 0.1) is 12.2 Å². The number of nitrogens with one attached hydrogen (secondary N) is 1. The molecule has 0 aromatic carbocycles. The van der Waals surface area contributed by atoms with Crippen LogP contribution in [0.15, 0.2) is 24.5 Å². The first-order valence-electron chi connectivity index (χ1n) is 4.67.